The van der Waals surface area contributed by atoms with E-state index in [2.05, 4.69) is 10.3 Å². The van der Waals surface area contributed by atoms with E-state index in [4.69, 9.17) is 0 Å². The molecule has 25 heavy (non-hydrogen) atoms. The topological polar surface area (TPSA) is 79.3 Å². The van der Waals surface area contributed by atoms with Gasteiger partial charge in [0.2, 0.25) is 5.91 Å². The molecule has 1 saturated carbocycles. The van der Waals surface area contributed by atoms with Crippen molar-refractivity contribution in [1.82, 2.24) is 10.3 Å². The molecule has 130 valence electrons. The lowest BCUT2D eigenvalue weighted by Gasteiger charge is -2.37. The zero-order valence-corrected chi connectivity index (χ0v) is 14.2. The van der Waals surface area contributed by atoms with Crippen molar-refractivity contribution in [1.29, 1.82) is 0 Å². The van der Waals surface area contributed by atoms with Crippen molar-refractivity contribution in [2.24, 2.45) is 5.41 Å². The fourth-order valence-corrected chi connectivity index (χ4v) is 3.25. The molecule has 0 spiro atoms. The fraction of sp³-hybridized carbons (Fsp3) is 0.350. The summed E-state index contributed by atoms with van der Waals surface area (Å²) in [5.74, 6) is -1.06. The van der Waals surface area contributed by atoms with E-state index in [1.165, 1.54) is 0 Å². The molecule has 1 unspecified atom stereocenters. The van der Waals surface area contributed by atoms with Gasteiger partial charge in [0, 0.05) is 18.8 Å². The highest BCUT2D eigenvalue weighted by atomic mass is 16.4. The van der Waals surface area contributed by atoms with Crippen molar-refractivity contribution in [2.75, 3.05) is 0 Å². The summed E-state index contributed by atoms with van der Waals surface area (Å²) >= 11 is 0. The second kappa shape index (κ2) is 7.05. The molecular weight excluding hydrogens is 316 g/mol. The van der Waals surface area contributed by atoms with Crippen LogP contribution < -0.4 is 5.32 Å². The zero-order chi connectivity index (χ0) is 17.9. The first-order valence-electron chi connectivity index (χ1n) is 8.53. The molecule has 0 radical (unpaired) electrons. The number of nitrogens with zero attached hydrogens (tertiary/aromatic N) is 1. The molecule has 0 saturated heterocycles. The highest BCUT2D eigenvalue weighted by molar-refractivity contribution is 5.85. The number of aromatic nitrogens is 1. The zero-order valence-electron chi connectivity index (χ0n) is 14.2. The third-order valence-electron chi connectivity index (χ3n) is 5.05. The second-order valence-electron chi connectivity index (χ2n) is 6.77. The largest absolute Gasteiger partial charge is 0.481 e. The minimum absolute atomic E-state index is 0.0560. The predicted octanol–water partition coefficient (Wildman–Crippen LogP) is 3.57. The van der Waals surface area contributed by atoms with Crippen molar-refractivity contribution in [2.45, 2.75) is 38.6 Å². The molecule has 0 bridgehead atoms. The Morgan fingerprint density at radius 2 is 1.92 bits per heavy atom. The van der Waals surface area contributed by atoms with E-state index in [-0.39, 0.29) is 18.4 Å². The van der Waals surface area contributed by atoms with Crippen LogP contribution in [-0.2, 0) is 9.59 Å². The molecule has 1 heterocycles. The van der Waals surface area contributed by atoms with Crippen LogP contribution in [-0.4, -0.2) is 22.0 Å². The Hall–Kier alpha value is -2.69. The quantitative estimate of drug-likeness (QED) is 0.844. The molecule has 0 aliphatic heterocycles. The lowest BCUT2D eigenvalue weighted by atomic mass is 9.66. The summed E-state index contributed by atoms with van der Waals surface area (Å²) in [7, 11) is 0. The van der Waals surface area contributed by atoms with Gasteiger partial charge in [-0.2, -0.15) is 0 Å². The molecular formula is C20H22N2O3. The number of aliphatic carboxylic acids is 1. The van der Waals surface area contributed by atoms with Gasteiger partial charge in [-0.1, -0.05) is 36.8 Å². The highest BCUT2D eigenvalue weighted by Crippen LogP contribution is 2.44. The van der Waals surface area contributed by atoms with Gasteiger partial charge in [0.05, 0.1) is 11.5 Å². The number of hydrogen-bond acceptors (Lipinski definition) is 3. The molecule has 3 rings (SSSR count). The van der Waals surface area contributed by atoms with Crippen LogP contribution in [0.25, 0.3) is 11.1 Å². The summed E-state index contributed by atoms with van der Waals surface area (Å²) in [5, 5.41) is 12.3. The van der Waals surface area contributed by atoms with Gasteiger partial charge in [0.15, 0.2) is 0 Å². The lowest BCUT2D eigenvalue weighted by Crippen LogP contribution is -2.43. The van der Waals surface area contributed by atoms with Gasteiger partial charge < -0.3 is 10.4 Å². The van der Waals surface area contributed by atoms with E-state index in [1.54, 1.807) is 6.20 Å². The van der Waals surface area contributed by atoms with Gasteiger partial charge in [-0.15, -0.1) is 0 Å². The molecule has 2 aromatic rings. The summed E-state index contributed by atoms with van der Waals surface area (Å²) in [5.41, 5.74) is 2.24. The van der Waals surface area contributed by atoms with Crippen LogP contribution in [0.1, 0.15) is 44.2 Å². The Kier molecular flexibility index (Phi) is 4.83. The van der Waals surface area contributed by atoms with E-state index < -0.39 is 11.4 Å². The standard InChI is InChI=1S/C20H22N2O3/c1-14(22-18(23)12-20(19(24)25)9-3-10-20)15-5-7-16(8-6-15)17-4-2-11-21-13-17/h2,4-8,11,13-14H,3,9-10,12H2,1H3,(H,22,23)(H,24,25). The van der Waals surface area contributed by atoms with Crippen LogP contribution in [0.2, 0.25) is 0 Å². The first kappa shape index (κ1) is 17.1. The van der Waals surface area contributed by atoms with Crippen LogP contribution in [0.15, 0.2) is 48.8 Å². The van der Waals surface area contributed by atoms with E-state index in [1.807, 2.05) is 49.5 Å². The monoisotopic (exact) mass is 338 g/mol. The second-order valence-corrected chi connectivity index (χ2v) is 6.77. The first-order valence-corrected chi connectivity index (χ1v) is 8.53. The number of hydrogen-bond donors (Lipinski definition) is 2. The van der Waals surface area contributed by atoms with Crippen molar-refractivity contribution in [3.05, 3.63) is 54.4 Å². The number of carbonyl (C=O) groups is 2. The summed E-state index contributed by atoms with van der Waals surface area (Å²) in [6, 6.07) is 11.7. The molecule has 5 heteroatoms. The molecule has 2 N–H and O–H groups in total. The van der Waals surface area contributed by atoms with Gasteiger partial charge in [-0.3, -0.25) is 14.6 Å². The summed E-state index contributed by atoms with van der Waals surface area (Å²) < 4.78 is 0. The van der Waals surface area contributed by atoms with E-state index in [9.17, 15) is 14.7 Å². The Bertz CT molecular complexity index is 752. The third-order valence-corrected chi connectivity index (χ3v) is 5.05. The molecule has 1 amide bonds. The van der Waals surface area contributed by atoms with Crippen LogP contribution in [0.3, 0.4) is 0 Å². The number of carboxylic acid groups (broad SMARTS) is 1. The van der Waals surface area contributed by atoms with Gasteiger partial charge in [0.25, 0.3) is 0 Å². The van der Waals surface area contributed by atoms with Crippen LogP contribution in [0.5, 0.6) is 0 Å². The predicted molar refractivity (Wildman–Crippen MR) is 94.8 cm³/mol. The summed E-state index contributed by atoms with van der Waals surface area (Å²) in [6.45, 7) is 1.91. The maximum atomic E-state index is 12.2. The Labute approximate surface area is 147 Å². The molecule has 1 aliphatic carbocycles. The van der Waals surface area contributed by atoms with Crippen molar-refractivity contribution in [3.8, 4) is 11.1 Å². The average Bonchev–Trinajstić information content (AvgIpc) is 2.58. The lowest BCUT2D eigenvalue weighted by molar-refractivity contribution is -0.157. The molecule has 5 nitrogen and oxygen atoms in total. The first-order chi connectivity index (χ1) is 12.0. The van der Waals surface area contributed by atoms with E-state index >= 15 is 0 Å². The smallest absolute Gasteiger partial charge is 0.310 e. The minimum atomic E-state index is -0.859. The van der Waals surface area contributed by atoms with E-state index in [0.29, 0.717) is 12.8 Å². The van der Waals surface area contributed by atoms with Crippen molar-refractivity contribution in [3.63, 3.8) is 0 Å². The Morgan fingerprint density at radius 3 is 2.44 bits per heavy atom. The van der Waals surface area contributed by atoms with Crippen LogP contribution >= 0.6 is 0 Å². The third kappa shape index (κ3) is 3.71. The summed E-state index contributed by atoms with van der Waals surface area (Å²) in [4.78, 5) is 27.7. The number of rotatable bonds is 6. The van der Waals surface area contributed by atoms with Crippen molar-refractivity contribution < 1.29 is 14.7 Å². The van der Waals surface area contributed by atoms with Gasteiger partial charge in [-0.05, 0) is 42.5 Å². The van der Waals surface area contributed by atoms with Gasteiger partial charge >= 0.3 is 5.97 Å². The Balaban J connectivity index is 1.62. The van der Waals surface area contributed by atoms with Gasteiger partial charge in [0.1, 0.15) is 0 Å². The maximum absolute atomic E-state index is 12.2. The van der Waals surface area contributed by atoms with Crippen LogP contribution in [0.4, 0.5) is 0 Å². The fourth-order valence-electron chi connectivity index (χ4n) is 3.25. The van der Waals surface area contributed by atoms with Crippen LogP contribution in [0, 0.1) is 5.41 Å². The SMILES string of the molecule is CC(NC(=O)CC1(C(=O)O)CCC1)c1ccc(-c2cccnc2)cc1. The van der Waals surface area contributed by atoms with Gasteiger partial charge in [-0.25, -0.2) is 0 Å². The maximum Gasteiger partial charge on any atom is 0.310 e. The minimum Gasteiger partial charge on any atom is -0.481 e. The number of benzene rings is 1. The number of pyridine rings is 1. The molecule has 1 fully saturated rings. The molecule has 1 aromatic heterocycles. The molecule has 1 aliphatic rings. The van der Waals surface area contributed by atoms with E-state index in [0.717, 1.165) is 23.1 Å². The van der Waals surface area contributed by atoms with Crippen molar-refractivity contribution >= 4 is 11.9 Å². The Morgan fingerprint density at radius 1 is 1.20 bits per heavy atom. The summed E-state index contributed by atoms with van der Waals surface area (Å²) in [6.07, 6.45) is 5.66. The normalized spacial score (nSPS) is 16.5. The molecule has 1 atom stereocenters. The number of nitrogens with one attached hydrogen (secondary N) is 1. The molecule has 1 aromatic carbocycles. The highest BCUT2D eigenvalue weighted by Gasteiger charge is 2.45. The number of amides is 1. The number of carboxylic acids is 1. The average molecular weight is 338 g/mol. The number of carbonyl (C=O) groups excluding carboxylic acids is 1.